The van der Waals surface area contributed by atoms with Crippen LogP contribution in [-0.4, -0.2) is 29.1 Å². The highest BCUT2D eigenvalue weighted by Gasteiger charge is 2.11. The van der Waals surface area contributed by atoms with Crippen LogP contribution < -0.4 is 10.6 Å². The second-order valence-corrected chi connectivity index (χ2v) is 9.92. The van der Waals surface area contributed by atoms with Crippen molar-refractivity contribution in [3.63, 3.8) is 0 Å². The van der Waals surface area contributed by atoms with Crippen LogP contribution in [0, 0.1) is 0 Å². The van der Waals surface area contributed by atoms with Crippen molar-refractivity contribution >= 4 is 45.6 Å². The van der Waals surface area contributed by atoms with Gasteiger partial charge in [0.1, 0.15) is 5.82 Å². The summed E-state index contributed by atoms with van der Waals surface area (Å²) < 4.78 is 4.76. The molecule has 43 heavy (non-hydrogen) atoms. The summed E-state index contributed by atoms with van der Waals surface area (Å²) in [5, 5.41) is 17.8. The molecule has 3 N–H and O–H groups in total. The van der Waals surface area contributed by atoms with Crippen LogP contribution in [0.5, 0.6) is 0 Å². The second kappa shape index (κ2) is 11.9. The van der Waals surface area contributed by atoms with Crippen molar-refractivity contribution < 1.29 is 19.4 Å². The number of carboxylic acid groups (broad SMARTS) is 1. The minimum atomic E-state index is -0.944. The number of rotatable bonds is 8. The molecule has 0 saturated heterocycles. The smallest absolute Gasteiger partial charge is 0.337 e. The van der Waals surface area contributed by atoms with Crippen molar-refractivity contribution in [2.45, 2.75) is 0 Å². The molecule has 1 heterocycles. The van der Waals surface area contributed by atoms with Gasteiger partial charge in [-0.3, -0.25) is 0 Å². The van der Waals surface area contributed by atoms with Crippen LogP contribution in [0.15, 0.2) is 128 Å². The first-order valence-corrected chi connectivity index (χ1v) is 13.6. The number of nitrogens with zero attached hydrogens (tertiary/aromatic N) is 1. The van der Waals surface area contributed by atoms with E-state index in [1.54, 1.807) is 24.3 Å². The van der Waals surface area contributed by atoms with Crippen LogP contribution in [0.25, 0.3) is 33.0 Å². The molecule has 0 radical (unpaired) electrons. The third-order valence-corrected chi connectivity index (χ3v) is 7.21. The number of carbonyl (C=O) groups is 2. The molecular formula is C36H27N3O4. The molecule has 0 saturated carbocycles. The van der Waals surface area contributed by atoms with Crippen molar-refractivity contribution in [1.82, 2.24) is 4.98 Å². The number of anilines is 4. The first-order chi connectivity index (χ1) is 21.0. The van der Waals surface area contributed by atoms with Gasteiger partial charge < -0.3 is 20.5 Å². The molecule has 6 rings (SSSR count). The van der Waals surface area contributed by atoms with Gasteiger partial charge in [0.15, 0.2) is 0 Å². The maximum absolute atomic E-state index is 11.7. The largest absolute Gasteiger partial charge is 0.478 e. The minimum Gasteiger partial charge on any atom is -0.478 e. The lowest BCUT2D eigenvalue weighted by Crippen LogP contribution is -2.00. The predicted molar refractivity (Wildman–Crippen MR) is 170 cm³/mol. The number of ether oxygens (including phenoxy) is 1. The lowest BCUT2D eigenvalue weighted by atomic mass is 10.0. The molecule has 0 unspecified atom stereocenters. The number of carbonyl (C=O) groups excluding carboxylic acids is 1. The number of carboxylic acids is 1. The molecule has 5 aromatic carbocycles. The van der Waals surface area contributed by atoms with Gasteiger partial charge in [-0.25, -0.2) is 14.6 Å². The zero-order valence-electron chi connectivity index (χ0n) is 23.2. The molecule has 0 aliphatic carbocycles. The number of hydrogen-bond acceptors (Lipinski definition) is 6. The van der Waals surface area contributed by atoms with Gasteiger partial charge in [-0.1, -0.05) is 60.7 Å². The Morgan fingerprint density at radius 3 is 1.77 bits per heavy atom. The number of aromatic carboxylic acids is 1. The summed E-state index contributed by atoms with van der Waals surface area (Å²) in [6.45, 7) is 0. The summed E-state index contributed by atoms with van der Waals surface area (Å²) >= 11 is 0. The Labute approximate surface area is 248 Å². The summed E-state index contributed by atoms with van der Waals surface area (Å²) in [5.74, 6) is -0.566. The molecular weight excluding hydrogens is 538 g/mol. The Balaban J connectivity index is 1.11. The summed E-state index contributed by atoms with van der Waals surface area (Å²) in [6.07, 6.45) is 1.83. The van der Waals surface area contributed by atoms with E-state index in [0.717, 1.165) is 50.5 Å². The van der Waals surface area contributed by atoms with E-state index in [9.17, 15) is 14.7 Å². The average Bonchev–Trinajstić information content (AvgIpc) is 3.05. The lowest BCUT2D eigenvalue weighted by Gasteiger charge is -2.12. The third-order valence-electron chi connectivity index (χ3n) is 7.21. The maximum Gasteiger partial charge on any atom is 0.337 e. The highest BCUT2D eigenvalue weighted by Crippen LogP contribution is 2.31. The number of hydrogen-bond donors (Lipinski definition) is 3. The highest BCUT2D eigenvalue weighted by molar-refractivity contribution is 6.08. The Kier molecular flexibility index (Phi) is 7.53. The third kappa shape index (κ3) is 5.92. The first kappa shape index (κ1) is 27.2. The second-order valence-electron chi connectivity index (χ2n) is 9.92. The number of nitrogens with one attached hydrogen (secondary N) is 2. The van der Waals surface area contributed by atoms with Gasteiger partial charge in [-0.05, 0) is 82.7 Å². The van der Waals surface area contributed by atoms with E-state index in [2.05, 4.69) is 15.6 Å². The van der Waals surface area contributed by atoms with Crippen molar-refractivity contribution in [1.29, 1.82) is 0 Å². The fourth-order valence-electron chi connectivity index (χ4n) is 4.95. The molecule has 0 fully saturated rings. The molecule has 6 aromatic rings. The number of aromatic nitrogens is 1. The van der Waals surface area contributed by atoms with Gasteiger partial charge >= 0.3 is 11.9 Å². The molecule has 0 bridgehead atoms. The Hall–Kier alpha value is -5.95. The number of esters is 1. The molecule has 0 spiro atoms. The van der Waals surface area contributed by atoms with Gasteiger partial charge in [-0.15, -0.1) is 0 Å². The Morgan fingerprint density at radius 1 is 0.628 bits per heavy atom. The van der Waals surface area contributed by atoms with Crippen LogP contribution in [0.1, 0.15) is 20.7 Å². The van der Waals surface area contributed by atoms with Crippen molar-refractivity contribution in [3.05, 3.63) is 139 Å². The number of fused-ring (bicyclic) bond motifs is 1. The lowest BCUT2D eigenvalue weighted by molar-refractivity contribution is 0.0600. The van der Waals surface area contributed by atoms with Gasteiger partial charge in [-0.2, -0.15) is 0 Å². The Morgan fingerprint density at radius 2 is 1.19 bits per heavy atom. The van der Waals surface area contributed by atoms with Crippen LogP contribution in [0.4, 0.5) is 22.9 Å². The predicted octanol–water partition coefficient (Wildman–Crippen LogP) is 8.54. The zero-order valence-corrected chi connectivity index (χ0v) is 23.2. The molecule has 0 aliphatic heterocycles. The van der Waals surface area contributed by atoms with Crippen molar-refractivity contribution in [2.24, 2.45) is 0 Å². The van der Waals surface area contributed by atoms with E-state index in [-0.39, 0.29) is 11.5 Å². The first-order valence-electron chi connectivity index (χ1n) is 13.6. The minimum absolute atomic E-state index is 0.280. The van der Waals surface area contributed by atoms with Crippen LogP contribution in [0.2, 0.25) is 0 Å². The average molecular weight is 566 g/mol. The molecule has 0 atom stereocenters. The van der Waals surface area contributed by atoms with E-state index in [1.807, 2.05) is 103 Å². The molecule has 1 aromatic heterocycles. The number of pyridine rings is 1. The van der Waals surface area contributed by atoms with E-state index < -0.39 is 5.97 Å². The van der Waals surface area contributed by atoms with Crippen LogP contribution in [-0.2, 0) is 4.74 Å². The van der Waals surface area contributed by atoms with E-state index in [4.69, 9.17) is 4.74 Å². The monoisotopic (exact) mass is 565 g/mol. The SMILES string of the molecule is COC(=O)c1ccc(-c2ccc(Nc3ccc(-c4ccc(Nc5ccc(C(=O)O)c6ccccc56)cc4)cn3)cc2)cc1. The molecule has 0 aliphatic rings. The number of benzene rings is 5. The van der Waals surface area contributed by atoms with Crippen LogP contribution in [0.3, 0.4) is 0 Å². The van der Waals surface area contributed by atoms with Gasteiger partial charge in [0, 0.05) is 34.2 Å². The summed E-state index contributed by atoms with van der Waals surface area (Å²) in [5.41, 5.74) is 7.50. The van der Waals surface area contributed by atoms with E-state index in [0.29, 0.717) is 10.9 Å². The fourth-order valence-corrected chi connectivity index (χ4v) is 4.95. The maximum atomic E-state index is 11.7. The normalized spacial score (nSPS) is 10.7. The summed E-state index contributed by atoms with van der Waals surface area (Å²) in [4.78, 5) is 27.9. The molecule has 0 amide bonds. The van der Waals surface area contributed by atoms with Crippen molar-refractivity contribution in [3.8, 4) is 22.3 Å². The fraction of sp³-hybridized carbons (Fsp3) is 0.0278. The van der Waals surface area contributed by atoms with Gasteiger partial charge in [0.25, 0.3) is 0 Å². The highest BCUT2D eigenvalue weighted by atomic mass is 16.5. The van der Waals surface area contributed by atoms with E-state index >= 15 is 0 Å². The van der Waals surface area contributed by atoms with E-state index in [1.165, 1.54) is 7.11 Å². The quantitative estimate of drug-likeness (QED) is 0.159. The standard InChI is InChI=1S/C36H27N3O4/c1-43-36(42)26-8-6-23(7-9-26)24-10-17-29(18-11-24)39-34-21-14-27(22-37-34)25-12-15-28(16-13-25)38-33-20-19-32(35(40)41)30-4-2-3-5-31(30)33/h2-22,38H,1H3,(H,37,39)(H,40,41). The molecule has 210 valence electrons. The number of methoxy groups -OCH3 is 1. The Bertz CT molecular complexity index is 1920. The summed E-state index contributed by atoms with van der Waals surface area (Å²) in [7, 11) is 1.37. The van der Waals surface area contributed by atoms with Crippen molar-refractivity contribution in [2.75, 3.05) is 17.7 Å². The summed E-state index contributed by atoms with van der Waals surface area (Å²) in [6, 6.07) is 38.2. The topological polar surface area (TPSA) is 101 Å². The van der Waals surface area contributed by atoms with Gasteiger partial charge in [0.2, 0.25) is 0 Å². The molecule has 7 nitrogen and oxygen atoms in total. The zero-order chi connectivity index (χ0) is 29.8. The molecule has 7 heteroatoms. The van der Waals surface area contributed by atoms with Crippen LogP contribution >= 0.6 is 0 Å². The van der Waals surface area contributed by atoms with Gasteiger partial charge in [0.05, 0.1) is 18.2 Å².